The van der Waals surface area contributed by atoms with Crippen LogP contribution in [0.2, 0.25) is 5.02 Å². The lowest BCUT2D eigenvalue weighted by molar-refractivity contribution is 0.415. The molecule has 1 aromatic heterocycles. The van der Waals surface area contributed by atoms with Crippen LogP contribution in [-0.4, -0.2) is 7.11 Å². The maximum absolute atomic E-state index is 12.2. The summed E-state index contributed by atoms with van der Waals surface area (Å²) in [7, 11) is 1.60. The SMILES string of the molecule is COc1ccc(-c2cc(=O)c3ccc(Br)c(Cl)c3o2)cc1. The first-order valence-electron chi connectivity index (χ1n) is 6.16. The van der Waals surface area contributed by atoms with Gasteiger partial charge in [0.05, 0.1) is 17.5 Å². The molecular weight excluding hydrogens is 356 g/mol. The van der Waals surface area contributed by atoms with Gasteiger partial charge in [-0.2, -0.15) is 0 Å². The average molecular weight is 366 g/mol. The van der Waals surface area contributed by atoms with E-state index < -0.39 is 0 Å². The molecule has 0 aliphatic rings. The van der Waals surface area contributed by atoms with E-state index in [0.29, 0.717) is 26.2 Å². The number of halogens is 2. The van der Waals surface area contributed by atoms with Crippen LogP contribution in [0.3, 0.4) is 0 Å². The highest BCUT2D eigenvalue weighted by Gasteiger charge is 2.12. The molecule has 0 atom stereocenters. The van der Waals surface area contributed by atoms with Gasteiger partial charge in [-0.15, -0.1) is 0 Å². The highest BCUT2D eigenvalue weighted by Crippen LogP contribution is 2.32. The van der Waals surface area contributed by atoms with Crippen molar-refractivity contribution >= 4 is 38.5 Å². The highest BCUT2D eigenvalue weighted by atomic mass is 79.9. The molecule has 0 saturated heterocycles. The number of hydrogen-bond donors (Lipinski definition) is 0. The molecule has 0 N–H and O–H groups in total. The Balaban J connectivity index is 2.23. The van der Waals surface area contributed by atoms with Crippen LogP contribution in [0.25, 0.3) is 22.3 Å². The molecule has 0 spiro atoms. The van der Waals surface area contributed by atoms with Gasteiger partial charge in [0.25, 0.3) is 0 Å². The Morgan fingerprint density at radius 2 is 1.86 bits per heavy atom. The summed E-state index contributed by atoms with van der Waals surface area (Å²) in [5.41, 5.74) is 1.03. The van der Waals surface area contributed by atoms with Gasteiger partial charge in [0.1, 0.15) is 11.5 Å². The summed E-state index contributed by atoms with van der Waals surface area (Å²) in [5, 5.41) is 0.848. The minimum absolute atomic E-state index is 0.128. The summed E-state index contributed by atoms with van der Waals surface area (Å²) < 4.78 is 11.6. The third-order valence-electron chi connectivity index (χ3n) is 3.16. The Hall–Kier alpha value is -1.78. The van der Waals surface area contributed by atoms with E-state index in [4.69, 9.17) is 20.8 Å². The second kappa shape index (κ2) is 5.54. The smallest absolute Gasteiger partial charge is 0.193 e. The average Bonchev–Trinajstić information content (AvgIpc) is 2.51. The van der Waals surface area contributed by atoms with E-state index >= 15 is 0 Å². The summed E-state index contributed by atoms with van der Waals surface area (Å²) in [6, 6.07) is 12.2. The van der Waals surface area contributed by atoms with Crippen LogP contribution in [-0.2, 0) is 0 Å². The molecule has 0 saturated carbocycles. The first-order valence-corrected chi connectivity index (χ1v) is 7.33. The third-order valence-corrected chi connectivity index (χ3v) is 4.43. The van der Waals surface area contributed by atoms with Crippen molar-refractivity contribution in [2.75, 3.05) is 7.11 Å². The normalized spacial score (nSPS) is 10.8. The largest absolute Gasteiger partial charge is 0.497 e. The standard InChI is InChI=1S/C16H10BrClO3/c1-20-10-4-2-9(3-5-10)14-8-13(19)11-6-7-12(17)15(18)16(11)21-14/h2-8H,1H3. The second-order valence-electron chi connectivity index (χ2n) is 4.44. The van der Waals surface area contributed by atoms with Crippen LogP contribution >= 0.6 is 27.5 Å². The van der Waals surface area contributed by atoms with Crippen molar-refractivity contribution in [1.82, 2.24) is 0 Å². The summed E-state index contributed by atoms with van der Waals surface area (Å²) in [5.74, 6) is 1.21. The molecular formula is C16H10BrClO3. The molecule has 0 aliphatic heterocycles. The Kier molecular flexibility index (Phi) is 3.74. The van der Waals surface area contributed by atoms with Gasteiger partial charge in [0, 0.05) is 16.1 Å². The lowest BCUT2D eigenvalue weighted by Crippen LogP contribution is -2.00. The molecule has 0 unspecified atom stereocenters. The first kappa shape index (κ1) is 14.2. The van der Waals surface area contributed by atoms with Crippen molar-refractivity contribution < 1.29 is 9.15 Å². The van der Waals surface area contributed by atoms with Gasteiger partial charge in [0.15, 0.2) is 11.0 Å². The van der Waals surface area contributed by atoms with Crippen molar-refractivity contribution in [3.8, 4) is 17.1 Å². The summed E-state index contributed by atoms with van der Waals surface area (Å²) in [6.07, 6.45) is 0. The molecule has 3 rings (SSSR count). The zero-order chi connectivity index (χ0) is 15.0. The quantitative estimate of drug-likeness (QED) is 0.649. The first-order chi connectivity index (χ1) is 10.1. The van der Waals surface area contributed by atoms with Crippen LogP contribution in [0.1, 0.15) is 0 Å². The minimum Gasteiger partial charge on any atom is -0.497 e. The molecule has 3 nitrogen and oxygen atoms in total. The van der Waals surface area contributed by atoms with Gasteiger partial charge >= 0.3 is 0 Å². The molecule has 1 heterocycles. The Morgan fingerprint density at radius 1 is 1.14 bits per heavy atom. The third kappa shape index (κ3) is 2.57. The van der Waals surface area contributed by atoms with Crippen LogP contribution in [0, 0.1) is 0 Å². The Bertz CT molecular complexity index is 869. The summed E-state index contributed by atoms with van der Waals surface area (Å²) >= 11 is 9.54. The second-order valence-corrected chi connectivity index (χ2v) is 5.67. The van der Waals surface area contributed by atoms with Gasteiger partial charge in [-0.25, -0.2) is 0 Å². The minimum atomic E-state index is -0.128. The maximum Gasteiger partial charge on any atom is 0.193 e. The predicted molar refractivity (Wildman–Crippen MR) is 87.2 cm³/mol. The monoisotopic (exact) mass is 364 g/mol. The van der Waals surface area contributed by atoms with Gasteiger partial charge in [-0.3, -0.25) is 4.79 Å². The van der Waals surface area contributed by atoms with Crippen molar-refractivity contribution in [3.05, 3.63) is 62.2 Å². The molecule has 0 bridgehead atoms. The zero-order valence-corrected chi connectivity index (χ0v) is 13.4. The van der Waals surface area contributed by atoms with E-state index in [1.165, 1.54) is 6.07 Å². The number of ether oxygens (including phenoxy) is 1. The number of rotatable bonds is 2. The van der Waals surface area contributed by atoms with E-state index in [1.807, 2.05) is 24.3 Å². The van der Waals surface area contributed by atoms with Crippen molar-refractivity contribution in [3.63, 3.8) is 0 Å². The Labute approximate surface area is 134 Å². The van der Waals surface area contributed by atoms with E-state index in [2.05, 4.69) is 15.9 Å². The fourth-order valence-electron chi connectivity index (χ4n) is 2.06. The summed E-state index contributed by atoms with van der Waals surface area (Å²) in [4.78, 5) is 12.2. The molecule has 0 radical (unpaired) electrons. The molecule has 3 aromatic rings. The molecule has 0 fully saturated rings. The van der Waals surface area contributed by atoms with E-state index in [9.17, 15) is 4.79 Å². The van der Waals surface area contributed by atoms with Crippen molar-refractivity contribution in [1.29, 1.82) is 0 Å². The maximum atomic E-state index is 12.2. The zero-order valence-electron chi connectivity index (χ0n) is 11.0. The van der Waals surface area contributed by atoms with Gasteiger partial charge in [0.2, 0.25) is 0 Å². The van der Waals surface area contributed by atoms with Crippen LogP contribution < -0.4 is 10.2 Å². The van der Waals surface area contributed by atoms with Gasteiger partial charge in [-0.1, -0.05) is 11.6 Å². The number of methoxy groups -OCH3 is 1. The fraction of sp³-hybridized carbons (Fsp3) is 0.0625. The van der Waals surface area contributed by atoms with Gasteiger partial charge in [-0.05, 0) is 52.3 Å². The molecule has 0 aliphatic carbocycles. The molecule has 0 amide bonds. The fourth-order valence-corrected chi connectivity index (χ4v) is 2.58. The van der Waals surface area contributed by atoms with Crippen LogP contribution in [0.5, 0.6) is 5.75 Å². The number of fused-ring (bicyclic) bond motifs is 1. The Morgan fingerprint density at radius 3 is 2.52 bits per heavy atom. The summed E-state index contributed by atoms with van der Waals surface area (Å²) in [6.45, 7) is 0. The highest BCUT2D eigenvalue weighted by molar-refractivity contribution is 9.10. The van der Waals surface area contributed by atoms with Crippen molar-refractivity contribution in [2.45, 2.75) is 0 Å². The van der Waals surface area contributed by atoms with E-state index in [1.54, 1.807) is 19.2 Å². The molecule has 21 heavy (non-hydrogen) atoms. The van der Waals surface area contributed by atoms with Crippen LogP contribution in [0.15, 0.2) is 56.1 Å². The topological polar surface area (TPSA) is 39.4 Å². The van der Waals surface area contributed by atoms with Crippen LogP contribution in [0.4, 0.5) is 0 Å². The van der Waals surface area contributed by atoms with Crippen molar-refractivity contribution in [2.24, 2.45) is 0 Å². The lowest BCUT2D eigenvalue weighted by atomic mass is 10.1. The molecule has 106 valence electrons. The lowest BCUT2D eigenvalue weighted by Gasteiger charge is -2.06. The number of benzene rings is 2. The van der Waals surface area contributed by atoms with E-state index in [-0.39, 0.29) is 5.43 Å². The molecule has 2 aromatic carbocycles. The molecule has 5 heteroatoms. The van der Waals surface area contributed by atoms with E-state index in [0.717, 1.165) is 11.3 Å². The number of hydrogen-bond acceptors (Lipinski definition) is 3. The van der Waals surface area contributed by atoms with Gasteiger partial charge < -0.3 is 9.15 Å². The predicted octanol–water partition coefficient (Wildman–Crippen LogP) is 4.88.